The number of nitrogens with two attached hydrogens (primary N) is 1. The van der Waals surface area contributed by atoms with Crippen molar-refractivity contribution in [1.29, 1.82) is 0 Å². The molecule has 5 nitrogen and oxygen atoms in total. The van der Waals surface area contributed by atoms with E-state index in [0.29, 0.717) is 18.9 Å². The van der Waals surface area contributed by atoms with Gasteiger partial charge in [-0.15, -0.1) is 34.0 Å². The average molecular weight is 546 g/mol. The Morgan fingerprint density at radius 3 is 1.65 bits per heavy atom. The molecule has 0 amide bonds. The van der Waals surface area contributed by atoms with Gasteiger partial charge in [0.05, 0.1) is 18.5 Å². The van der Waals surface area contributed by atoms with Crippen molar-refractivity contribution in [2.75, 3.05) is 6.26 Å². The third-order valence-corrected chi connectivity index (χ3v) is 8.15. The Bertz CT molecular complexity index is 897. The molecule has 34 heavy (non-hydrogen) atoms. The summed E-state index contributed by atoms with van der Waals surface area (Å²) in [6, 6.07) is 12.6. The molecule has 3 aromatic heterocycles. The van der Waals surface area contributed by atoms with Crippen molar-refractivity contribution in [2.24, 2.45) is 5.73 Å². The molecule has 0 aromatic carbocycles. The van der Waals surface area contributed by atoms with Crippen LogP contribution >= 0.6 is 34.0 Å². The van der Waals surface area contributed by atoms with Crippen LogP contribution < -0.4 is 5.73 Å². The first-order valence-corrected chi connectivity index (χ1v) is 16.0. The molecule has 0 radical (unpaired) electrons. The lowest BCUT2D eigenvalue weighted by Gasteiger charge is -2.12. The summed E-state index contributed by atoms with van der Waals surface area (Å²) in [5.41, 5.74) is 5.77. The molecule has 3 atom stereocenters. The van der Waals surface area contributed by atoms with Gasteiger partial charge in [-0.3, -0.25) is 4.18 Å². The van der Waals surface area contributed by atoms with Gasteiger partial charge in [-0.05, 0) is 60.0 Å². The molecule has 3 aromatic rings. The fourth-order valence-electron chi connectivity index (χ4n) is 2.78. The summed E-state index contributed by atoms with van der Waals surface area (Å²) >= 11 is 5.11. The van der Waals surface area contributed by atoms with E-state index in [0.717, 1.165) is 36.8 Å². The van der Waals surface area contributed by atoms with Gasteiger partial charge in [-0.25, -0.2) is 0 Å². The Morgan fingerprint density at radius 2 is 1.29 bits per heavy atom. The zero-order valence-corrected chi connectivity index (χ0v) is 23.8. The molecule has 3 rings (SSSR count). The highest BCUT2D eigenvalue weighted by molar-refractivity contribution is 7.86. The van der Waals surface area contributed by atoms with E-state index in [1.807, 2.05) is 42.8 Å². The van der Waals surface area contributed by atoms with E-state index in [2.05, 4.69) is 30.5 Å². The van der Waals surface area contributed by atoms with Gasteiger partial charge in [-0.1, -0.05) is 39.0 Å². The van der Waals surface area contributed by atoms with E-state index >= 15 is 0 Å². The molecule has 0 aliphatic carbocycles. The normalized spacial score (nSPS) is 13.7. The molecule has 192 valence electrons. The van der Waals surface area contributed by atoms with Crippen molar-refractivity contribution >= 4 is 44.1 Å². The summed E-state index contributed by atoms with van der Waals surface area (Å²) in [4.78, 5) is 3.82. The number of hydrogen-bond acceptors (Lipinski definition) is 8. The summed E-state index contributed by atoms with van der Waals surface area (Å²) in [5.74, 6) is 0. The summed E-state index contributed by atoms with van der Waals surface area (Å²) in [7, 11) is -3.33. The van der Waals surface area contributed by atoms with Crippen molar-refractivity contribution < 1.29 is 17.7 Å². The monoisotopic (exact) mass is 545 g/mol. The standard InChI is InChI=1S/C9H14O3S2.C8H13NS.C8H12OS/c1-3-8(12-14(2,10)11)7-9-5-4-6-13-9;2*1-2-7(9)6-8-4-3-5-10-8/h4-6,8H,3,7H2,1-2H3;3-5,7H,2,6,9H2,1H3;3-5,7,9H,2,6H2,1H3. The lowest BCUT2D eigenvalue weighted by molar-refractivity contribution is 0.171. The maximum Gasteiger partial charge on any atom is 0.264 e. The van der Waals surface area contributed by atoms with Crippen LogP contribution in [0.1, 0.15) is 54.7 Å². The van der Waals surface area contributed by atoms with Gasteiger partial charge in [0.1, 0.15) is 0 Å². The van der Waals surface area contributed by atoms with Gasteiger partial charge in [0.2, 0.25) is 0 Å². The Kier molecular flexibility index (Phi) is 15.8. The lowest BCUT2D eigenvalue weighted by atomic mass is 10.1. The third-order valence-electron chi connectivity index (χ3n) is 4.83. The van der Waals surface area contributed by atoms with E-state index in [-0.39, 0.29) is 12.2 Å². The van der Waals surface area contributed by atoms with Crippen LogP contribution in [0.4, 0.5) is 0 Å². The molecule has 0 aliphatic rings. The van der Waals surface area contributed by atoms with E-state index in [1.54, 1.807) is 34.0 Å². The number of rotatable bonds is 11. The molecular weight excluding hydrogens is 507 g/mol. The molecule has 3 unspecified atom stereocenters. The molecule has 0 fully saturated rings. The predicted octanol–water partition coefficient (Wildman–Crippen LogP) is 6.13. The van der Waals surface area contributed by atoms with Crippen molar-refractivity contribution in [3.8, 4) is 0 Å². The van der Waals surface area contributed by atoms with Crippen LogP contribution in [-0.4, -0.2) is 38.0 Å². The molecule has 0 bridgehead atoms. The topological polar surface area (TPSA) is 89.6 Å². The minimum absolute atomic E-state index is 0.154. The van der Waals surface area contributed by atoms with Gasteiger partial charge in [0.15, 0.2) is 0 Å². The fourth-order valence-corrected chi connectivity index (χ4v) is 5.83. The van der Waals surface area contributed by atoms with Crippen LogP contribution in [0, 0.1) is 0 Å². The number of hydrogen-bond donors (Lipinski definition) is 2. The van der Waals surface area contributed by atoms with E-state index < -0.39 is 10.1 Å². The van der Waals surface area contributed by atoms with Crippen molar-refractivity contribution in [2.45, 2.75) is 77.5 Å². The minimum Gasteiger partial charge on any atom is -0.393 e. The van der Waals surface area contributed by atoms with Crippen LogP contribution in [0.5, 0.6) is 0 Å². The second-order valence-electron chi connectivity index (χ2n) is 7.91. The van der Waals surface area contributed by atoms with Crippen LogP contribution in [0.2, 0.25) is 0 Å². The highest BCUT2D eigenvalue weighted by Gasteiger charge is 2.14. The minimum atomic E-state index is -3.33. The molecular formula is C25H39NO4S4. The number of aliphatic hydroxyl groups is 1. The molecule has 0 aliphatic heterocycles. The van der Waals surface area contributed by atoms with E-state index in [9.17, 15) is 13.5 Å². The summed E-state index contributed by atoms with van der Waals surface area (Å²) in [6.07, 6.45) is 5.83. The summed E-state index contributed by atoms with van der Waals surface area (Å²) < 4.78 is 26.8. The smallest absolute Gasteiger partial charge is 0.264 e. The quantitative estimate of drug-likeness (QED) is 0.283. The predicted molar refractivity (Wildman–Crippen MR) is 149 cm³/mol. The van der Waals surface area contributed by atoms with Gasteiger partial charge >= 0.3 is 0 Å². The molecule has 3 N–H and O–H groups in total. The number of thiophene rings is 3. The van der Waals surface area contributed by atoms with Crippen LogP contribution in [0.3, 0.4) is 0 Å². The molecule has 0 saturated carbocycles. The number of aliphatic hydroxyl groups excluding tert-OH is 1. The van der Waals surface area contributed by atoms with Crippen LogP contribution in [0.15, 0.2) is 52.5 Å². The molecule has 0 saturated heterocycles. The Hall–Kier alpha value is -1.07. The van der Waals surface area contributed by atoms with Gasteiger partial charge in [-0.2, -0.15) is 8.42 Å². The molecule has 3 heterocycles. The first kappa shape index (κ1) is 31.0. The first-order valence-electron chi connectivity index (χ1n) is 11.6. The highest BCUT2D eigenvalue weighted by atomic mass is 32.2. The fraction of sp³-hybridized carbons (Fsp3) is 0.520. The Balaban J connectivity index is 0.000000261. The zero-order valence-electron chi connectivity index (χ0n) is 20.6. The second kappa shape index (κ2) is 17.4. The summed E-state index contributed by atoms with van der Waals surface area (Å²) in [5, 5.41) is 15.3. The van der Waals surface area contributed by atoms with Crippen LogP contribution in [0.25, 0.3) is 0 Å². The van der Waals surface area contributed by atoms with Crippen molar-refractivity contribution in [3.63, 3.8) is 0 Å². The van der Waals surface area contributed by atoms with Gasteiger partial charge in [0.25, 0.3) is 10.1 Å². The third kappa shape index (κ3) is 15.0. The SMILES string of the molecule is CCC(Cc1cccs1)OS(C)(=O)=O.CCC(N)Cc1cccs1.CCC(O)Cc1cccs1. The van der Waals surface area contributed by atoms with E-state index in [4.69, 9.17) is 9.92 Å². The van der Waals surface area contributed by atoms with Crippen LogP contribution in [-0.2, 0) is 33.6 Å². The molecule has 0 spiro atoms. The average Bonchev–Trinajstić information content (AvgIpc) is 3.57. The summed E-state index contributed by atoms with van der Waals surface area (Å²) in [6.45, 7) is 6.04. The maximum atomic E-state index is 10.9. The highest BCUT2D eigenvalue weighted by Crippen LogP contribution is 2.16. The zero-order chi connectivity index (χ0) is 25.4. The van der Waals surface area contributed by atoms with Crippen molar-refractivity contribution in [1.82, 2.24) is 0 Å². The molecule has 9 heteroatoms. The van der Waals surface area contributed by atoms with E-state index in [1.165, 1.54) is 9.75 Å². The maximum absolute atomic E-state index is 10.9. The largest absolute Gasteiger partial charge is 0.393 e. The second-order valence-corrected chi connectivity index (χ2v) is 12.6. The first-order chi connectivity index (χ1) is 16.2. The lowest BCUT2D eigenvalue weighted by Crippen LogP contribution is -2.20. The Morgan fingerprint density at radius 1 is 0.824 bits per heavy atom. The van der Waals surface area contributed by atoms with Gasteiger partial charge < -0.3 is 10.8 Å². The Labute approximate surface area is 217 Å². The van der Waals surface area contributed by atoms with Crippen molar-refractivity contribution in [3.05, 3.63) is 67.2 Å². The van der Waals surface area contributed by atoms with Gasteiger partial charge in [0, 0.05) is 33.5 Å².